The van der Waals surface area contributed by atoms with Crippen LogP contribution in [0.15, 0.2) is 18.2 Å². The maximum absolute atomic E-state index is 13.6. The molecule has 17 heavy (non-hydrogen) atoms. The zero-order chi connectivity index (χ0) is 12.5. The summed E-state index contributed by atoms with van der Waals surface area (Å²) >= 11 is 0. The van der Waals surface area contributed by atoms with Crippen molar-refractivity contribution >= 4 is 11.6 Å². The Hall–Kier alpha value is -1.58. The number of rotatable bonds is 3. The Labute approximate surface area is 100 Å². The van der Waals surface area contributed by atoms with Gasteiger partial charge >= 0.3 is 0 Å². The number of nitrogens with two attached hydrogens (primary N) is 1. The van der Waals surface area contributed by atoms with E-state index in [0.29, 0.717) is 5.69 Å². The maximum atomic E-state index is 13.6. The number of hydrogen-bond donors (Lipinski definition) is 2. The van der Waals surface area contributed by atoms with Crippen LogP contribution in [0.25, 0.3) is 0 Å². The number of nitrogen functional groups attached to an aromatic ring is 1. The van der Waals surface area contributed by atoms with Gasteiger partial charge in [-0.25, -0.2) is 4.39 Å². The minimum atomic E-state index is -0.562. The fourth-order valence-corrected chi connectivity index (χ4v) is 2.19. The second-order valence-electron chi connectivity index (χ2n) is 4.68. The lowest BCUT2D eigenvalue weighted by Crippen LogP contribution is -2.53. The molecule has 0 bridgehead atoms. The molecular formula is C13H17FN2O. The molecule has 92 valence electrons. The zero-order valence-electron chi connectivity index (χ0n) is 9.92. The summed E-state index contributed by atoms with van der Waals surface area (Å²) in [5.74, 6) is -0.905. The third kappa shape index (κ3) is 2.25. The molecule has 0 heterocycles. The molecule has 1 saturated carbocycles. The molecule has 4 heteroatoms. The second-order valence-corrected chi connectivity index (χ2v) is 4.68. The van der Waals surface area contributed by atoms with Crippen LogP contribution >= 0.6 is 0 Å². The normalized spacial score (nSPS) is 17.3. The first kappa shape index (κ1) is 11.9. The lowest BCUT2D eigenvalue weighted by atomic mass is 9.74. The number of amides is 1. The molecule has 0 atom stereocenters. The minimum absolute atomic E-state index is 0.0684. The Morgan fingerprint density at radius 1 is 1.53 bits per heavy atom. The first-order chi connectivity index (χ1) is 8.06. The van der Waals surface area contributed by atoms with Crippen LogP contribution < -0.4 is 11.1 Å². The fraction of sp³-hybridized carbons (Fsp3) is 0.462. The van der Waals surface area contributed by atoms with Crippen molar-refractivity contribution < 1.29 is 9.18 Å². The number of nitrogens with one attached hydrogen (secondary N) is 1. The van der Waals surface area contributed by atoms with Gasteiger partial charge in [-0.3, -0.25) is 4.79 Å². The number of anilines is 1. The number of halogens is 1. The topological polar surface area (TPSA) is 55.1 Å². The Morgan fingerprint density at radius 3 is 2.71 bits per heavy atom. The minimum Gasteiger partial charge on any atom is -0.399 e. The highest BCUT2D eigenvalue weighted by atomic mass is 19.1. The summed E-state index contributed by atoms with van der Waals surface area (Å²) in [4.78, 5) is 12.0. The first-order valence-electron chi connectivity index (χ1n) is 5.94. The second kappa shape index (κ2) is 4.35. The SMILES string of the molecule is CCC1(NC(=O)c2ccc(N)cc2F)CCC1. The van der Waals surface area contributed by atoms with Gasteiger partial charge in [0.1, 0.15) is 5.82 Å². The van der Waals surface area contributed by atoms with E-state index in [9.17, 15) is 9.18 Å². The highest BCUT2D eigenvalue weighted by molar-refractivity contribution is 5.95. The molecule has 0 aromatic heterocycles. The van der Waals surface area contributed by atoms with Gasteiger partial charge in [0.2, 0.25) is 0 Å². The summed E-state index contributed by atoms with van der Waals surface area (Å²) in [5, 5.41) is 2.94. The van der Waals surface area contributed by atoms with Crippen molar-refractivity contribution in [1.29, 1.82) is 0 Å². The Bertz CT molecular complexity index is 436. The highest BCUT2D eigenvalue weighted by Crippen LogP contribution is 2.34. The average molecular weight is 236 g/mol. The van der Waals surface area contributed by atoms with Crippen LogP contribution in [0.2, 0.25) is 0 Å². The molecule has 0 aliphatic heterocycles. The van der Waals surface area contributed by atoms with Crippen molar-refractivity contribution in [2.75, 3.05) is 5.73 Å². The van der Waals surface area contributed by atoms with Gasteiger partial charge in [0.05, 0.1) is 5.56 Å². The van der Waals surface area contributed by atoms with E-state index in [1.165, 1.54) is 18.2 Å². The van der Waals surface area contributed by atoms with Crippen molar-refractivity contribution in [2.24, 2.45) is 0 Å². The summed E-state index contributed by atoms with van der Waals surface area (Å²) < 4.78 is 13.6. The molecule has 0 radical (unpaired) electrons. The van der Waals surface area contributed by atoms with E-state index in [1.54, 1.807) is 0 Å². The van der Waals surface area contributed by atoms with Crippen molar-refractivity contribution in [1.82, 2.24) is 5.32 Å². The summed E-state index contributed by atoms with van der Waals surface area (Å²) in [6, 6.07) is 4.15. The molecule has 1 aromatic rings. The van der Waals surface area contributed by atoms with E-state index in [2.05, 4.69) is 5.32 Å². The number of benzene rings is 1. The lowest BCUT2D eigenvalue weighted by Gasteiger charge is -2.42. The maximum Gasteiger partial charge on any atom is 0.254 e. The predicted octanol–water partition coefficient (Wildman–Crippen LogP) is 2.47. The van der Waals surface area contributed by atoms with E-state index in [1.807, 2.05) is 6.92 Å². The van der Waals surface area contributed by atoms with Crippen molar-refractivity contribution in [3.05, 3.63) is 29.6 Å². The van der Waals surface area contributed by atoms with Gasteiger partial charge in [-0.2, -0.15) is 0 Å². The monoisotopic (exact) mass is 236 g/mol. The largest absolute Gasteiger partial charge is 0.399 e. The average Bonchev–Trinajstić information content (AvgIpc) is 2.23. The molecule has 3 N–H and O–H groups in total. The summed E-state index contributed by atoms with van der Waals surface area (Å²) in [6.45, 7) is 2.04. The molecular weight excluding hydrogens is 219 g/mol. The van der Waals surface area contributed by atoms with Gasteiger partial charge in [-0.05, 0) is 43.9 Å². The zero-order valence-corrected chi connectivity index (χ0v) is 9.92. The van der Waals surface area contributed by atoms with E-state index in [-0.39, 0.29) is 17.0 Å². The number of carbonyl (C=O) groups excluding carboxylic acids is 1. The Kier molecular flexibility index (Phi) is 3.05. The Balaban J connectivity index is 2.14. The molecule has 1 aromatic carbocycles. The molecule has 1 fully saturated rings. The molecule has 1 amide bonds. The standard InChI is InChI=1S/C13H17FN2O/c1-2-13(6-3-7-13)16-12(17)10-5-4-9(15)8-11(10)14/h4-5,8H,2-3,6-7,15H2,1H3,(H,16,17). The third-order valence-electron chi connectivity index (χ3n) is 3.60. The smallest absolute Gasteiger partial charge is 0.254 e. The van der Waals surface area contributed by atoms with Gasteiger partial charge in [0.25, 0.3) is 5.91 Å². The van der Waals surface area contributed by atoms with Gasteiger partial charge in [-0.1, -0.05) is 6.92 Å². The van der Waals surface area contributed by atoms with E-state index in [4.69, 9.17) is 5.73 Å². The lowest BCUT2D eigenvalue weighted by molar-refractivity contribution is 0.0816. The van der Waals surface area contributed by atoms with E-state index < -0.39 is 5.82 Å². The van der Waals surface area contributed by atoms with Crippen molar-refractivity contribution in [3.63, 3.8) is 0 Å². The van der Waals surface area contributed by atoms with Gasteiger partial charge in [-0.15, -0.1) is 0 Å². The van der Waals surface area contributed by atoms with Crippen LogP contribution in [0.4, 0.5) is 10.1 Å². The van der Waals surface area contributed by atoms with Crippen molar-refractivity contribution in [3.8, 4) is 0 Å². The molecule has 0 unspecified atom stereocenters. The van der Waals surface area contributed by atoms with Crippen LogP contribution in [0, 0.1) is 5.82 Å². The number of hydrogen-bond acceptors (Lipinski definition) is 2. The molecule has 1 aliphatic rings. The predicted molar refractivity (Wildman–Crippen MR) is 65.2 cm³/mol. The van der Waals surface area contributed by atoms with Gasteiger partial charge in [0.15, 0.2) is 0 Å². The Morgan fingerprint density at radius 2 is 2.24 bits per heavy atom. The van der Waals surface area contributed by atoms with E-state index >= 15 is 0 Å². The fourth-order valence-electron chi connectivity index (χ4n) is 2.19. The van der Waals surface area contributed by atoms with Gasteiger partial charge < -0.3 is 11.1 Å². The number of carbonyl (C=O) groups is 1. The molecule has 0 spiro atoms. The van der Waals surface area contributed by atoms with E-state index in [0.717, 1.165) is 25.7 Å². The van der Waals surface area contributed by atoms with Crippen LogP contribution in [0.5, 0.6) is 0 Å². The highest BCUT2D eigenvalue weighted by Gasteiger charge is 2.36. The third-order valence-corrected chi connectivity index (χ3v) is 3.60. The van der Waals surface area contributed by atoms with Crippen molar-refractivity contribution in [2.45, 2.75) is 38.1 Å². The molecule has 3 nitrogen and oxygen atoms in total. The first-order valence-corrected chi connectivity index (χ1v) is 5.94. The molecule has 2 rings (SSSR count). The molecule has 0 saturated heterocycles. The summed E-state index contributed by atoms with van der Waals surface area (Å²) in [7, 11) is 0. The van der Waals surface area contributed by atoms with Crippen LogP contribution in [0.3, 0.4) is 0 Å². The van der Waals surface area contributed by atoms with Crippen LogP contribution in [-0.4, -0.2) is 11.4 Å². The summed E-state index contributed by atoms with van der Waals surface area (Å²) in [6.07, 6.45) is 3.96. The van der Waals surface area contributed by atoms with Gasteiger partial charge in [0, 0.05) is 11.2 Å². The molecule has 1 aliphatic carbocycles. The quantitative estimate of drug-likeness (QED) is 0.792. The van der Waals surface area contributed by atoms with Crippen LogP contribution in [0.1, 0.15) is 43.0 Å². The van der Waals surface area contributed by atoms with Crippen LogP contribution in [-0.2, 0) is 0 Å². The summed E-state index contributed by atoms with van der Waals surface area (Å²) in [5.41, 5.74) is 5.72.